The molecule has 0 aromatic carbocycles. The van der Waals surface area contributed by atoms with Crippen LogP contribution in [0, 0.1) is 0 Å². The molecule has 1 aliphatic heterocycles. The summed E-state index contributed by atoms with van der Waals surface area (Å²) in [6.07, 6.45) is 9.94. The lowest BCUT2D eigenvalue weighted by molar-refractivity contribution is 0.140. The van der Waals surface area contributed by atoms with E-state index in [1.54, 1.807) is 0 Å². The molecule has 0 radical (unpaired) electrons. The minimum absolute atomic E-state index is 0.291. The predicted octanol–water partition coefficient (Wildman–Crippen LogP) is 3.11. The molecule has 3 rings (SSSR count). The van der Waals surface area contributed by atoms with Gasteiger partial charge in [0.15, 0.2) is 5.09 Å². The average molecular weight is 253 g/mol. The number of allylic oxidation sites excluding steroid dienone is 2. The van der Waals surface area contributed by atoms with Crippen molar-refractivity contribution in [1.82, 2.24) is 0 Å². The van der Waals surface area contributed by atoms with Gasteiger partial charge in [-0.25, -0.2) is 0 Å². The van der Waals surface area contributed by atoms with Crippen LogP contribution in [0.25, 0.3) is 0 Å². The summed E-state index contributed by atoms with van der Waals surface area (Å²) in [7, 11) is -0.832. The molecule has 0 amide bonds. The van der Waals surface area contributed by atoms with E-state index in [0.29, 0.717) is 11.2 Å². The van der Waals surface area contributed by atoms with E-state index in [1.807, 2.05) is 6.08 Å². The van der Waals surface area contributed by atoms with Gasteiger partial charge in [-0.15, -0.1) is 0 Å². The van der Waals surface area contributed by atoms with Gasteiger partial charge in [-0.3, -0.25) is 0 Å². The first-order valence-electron chi connectivity index (χ1n) is 6.42. The lowest BCUT2D eigenvalue weighted by Gasteiger charge is -2.22. The van der Waals surface area contributed by atoms with Crippen LogP contribution >= 0.6 is 10.8 Å². The normalized spacial score (nSPS) is 29.6. The minimum atomic E-state index is -0.832. The van der Waals surface area contributed by atoms with Gasteiger partial charge in [0, 0.05) is 27.4 Å². The zero-order chi connectivity index (χ0) is 11.8. The standard InChI is InChI=1S/C13H19NO2S/c14-11-8-13(16-9-4-1-2-5-9)17(15)12-7-3-6-10(11)12/h8-9,15H,1-7,14H2. The van der Waals surface area contributed by atoms with Gasteiger partial charge in [-0.2, -0.15) is 0 Å². The fraction of sp³-hybridized carbons (Fsp3) is 0.615. The van der Waals surface area contributed by atoms with Crippen molar-refractivity contribution in [3.63, 3.8) is 0 Å². The van der Waals surface area contributed by atoms with Crippen LogP contribution in [-0.4, -0.2) is 15.5 Å². The average Bonchev–Trinajstić information content (AvgIpc) is 2.96. The van der Waals surface area contributed by atoms with Crippen LogP contribution in [0.4, 0.5) is 0 Å². The molecule has 17 heavy (non-hydrogen) atoms. The van der Waals surface area contributed by atoms with Crippen molar-refractivity contribution in [3.8, 4) is 0 Å². The van der Waals surface area contributed by atoms with Gasteiger partial charge < -0.3 is 15.0 Å². The van der Waals surface area contributed by atoms with E-state index in [1.165, 1.54) is 18.4 Å². The second-order valence-electron chi connectivity index (χ2n) is 4.98. The Labute approximate surface area is 104 Å². The fourth-order valence-electron chi connectivity index (χ4n) is 2.88. The van der Waals surface area contributed by atoms with Gasteiger partial charge in [-0.1, -0.05) is 0 Å². The van der Waals surface area contributed by atoms with Gasteiger partial charge in [0.2, 0.25) is 0 Å². The van der Waals surface area contributed by atoms with Crippen molar-refractivity contribution in [3.05, 3.63) is 22.4 Å². The molecule has 94 valence electrons. The van der Waals surface area contributed by atoms with Crippen LogP contribution < -0.4 is 5.73 Å². The van der Waals surface area contributed by atoms with Crippen molar-refractivity contribution in [2.45, 2.75) is 51.0 Å². The van der Waals surface area contributed by atoms with Crippen molar-refractivity contribution < 1.29 is 9.29 Å². The molecule has 3 aliphatic rings. The number of fused-ring (bicyclic) bond motifs is 1. The van der Waals surface area contributed by atoms with E-state index >= 15 is 0 Å². The van der Waals surface area contributed by atoms with Gasteiger partial charge in [0.25, 0.3) is 0 Å². The molecule has 0 saturated heterocycles. The Morgan fingerprint density at radius 1 is 1.24 bits per heavy atom. The molecule has 4 heteroatoms. The predicted molar refractivity (Wildman–Crippen MR) is 71.7 cm³/mol. The molecule has 1 heterocycles. The third-order valence-electron chi connectivity index (χ3n) is 3.80. The molecule has 0 spiro atoms. The van der Waals surface area contributed by atoms with Crippen LogP contribution in [0.1, 0.15) is 44.9 Å². The second-order valence-corrected chi connectivity index (χ2v) is 6.45. The third-order valence-corrected chi connectivity index (χ3v) is 5.31. The van der Waals surface area contributed by atoms with Crippen LogP contribution in [0.15, 0.2) is 22.4 Å². The molecule has 3 N–H and O–H groups in total. The highest BCUT2D eigenvalue weighted by Gasteiger charge is 2.27. The maximum Gasteiger partial charge on any atom is 0.174 e. The molecular formula is C13H19NO2S. The number of hydrogen-bond acceptors (Lipinski definition) is 3. The second kappa shape index (κ2) is 4.50. The van der Waals surface area contributed by atoms with Crippen molar-refractivity contribution in [2.24, 2.45) is 5.73 Å². The Morgan fingerprint density at radius 3 is 2.76 bits per heavy atom. The summed E-state index contributed by atoms with van der Waals surface area (Å²) in [6, 6.07) is 0. The van der Waals surface area contributed by atoms with E-state index in [-0.39, 0.29) is 0 Å². The van der Waals surface area contributed by atoms with Gasteiger partial charge in [0.05, 0.1) is 6.10 Å². The summed E-state index contributed by atoms with van der Waals surface area (Å²) >= 11 is 0. The summed E-state index contributed by atoms with van der Waals surface area (Å²) in [5.74, 6) is 0. The third kappa shape index (κ3) is 2.04. The highest BCUT2D eigenvalue weighted by molar-refractivity contribution is 8.14. The largest absolute Gasteiger partial charge is 0.482 e. The van der Waals surface area contributed by atoms with E-state index in [2.05, 4.69) is 0 Å². The number of nitrogens with two attached hydrogens (primary N) is 1. The van der Waals surface area contributed by atoms with E-state index in [0.717, 1.165) is 42.7 Å². The minimum Gasteiger partial charge on any atom is -0.482 e. The zero-order valence-corrected chi connectivity index (χ0v) is 10.8. The number of ether oxygens (including phenoxy) is 1. The molecule has 0 aromatic rings. The molecule has 2 saturated carbocycles. The summed E-state index contributed by atoms with van der Waals surface area (Å²) in [5, 5.41) is 0.704. The Morgan fingerprint density at radius 2 is 2.00 bits per heavy atom. The zero-order valence-electron chi connectivity index (χ0n) is 9.95. The highest BCUT2D eigenvalue weighted by Crippen LogP contribution is 2.40. The first-order chi connectivity index (χ1) is 8.25. The molecule has 2 aliphatic carbocycles. The monoisotopic (exact) mass is 253 g/mol. The van der Waals surface area contributed by atoms with Gasteiger partial charge in [0.1, 0.15) is 0 Å². The summed E-state index contributed by atoms with van der Waals surface area (Å²) < 4.78 is 16.3. The molecule has 0 aromatic heterocycles. The molecule has 1 unspecified atom stereocenters. The molecule has 0 bridgehead atoms. The Hall–Kier alpha value is -0.740. The fourth-order valence-corrected chi connectivity index (χ4v) is 4.38. The number of rotatable bonds is 2. The lowest BCUT2D eigenvalue weighted by atomic mass is 10.1. The Balaban J connectivity index is 1.86. The SMILES string of the molecule is NC1=C2CCCC2=S(O)C(OC2CCCC2)=C1. The summed E-state index contributed by atoms with van der Waals surface area (Å²) in [4.78, 5) is 1.12. The van der Waals surface area contributed by atoms with Crippen LogP contribution in [0.3, 0.4) is 0 Å². The van der Waals surface area contributed by atoms with Crippen LogP contribution in [0.5, 0.6) is 0 Å². The lowest BCUT2D eigenvalue weighted by Crippen LogP contribution is -2.14. The Bertz CT molecular complexity index is 431. The topological polar surface area (TPSA) is 55.5 Å². The molecular weight excluding hydrogens is 234 g/mol. The van der Waals surface area contributed by atoms with Crippen LogP contribution in [-0.2, 0) is 4.74 Å². The van der Waals surface area contributed by atoms with Gasteiger partial charge >= 0.3 is 0 Å². The summed E-state index contributed by atoms with van der Waals surface area (Å²) in [6.45, 7) is 0. The maximum atomic E-state index is 10.3. The summed E-state index contributed by atoms with van der Waals surface area (Å²) in [5.41, 5.74) is 8.03. The maximum absolute atomic E-state index is 10.3. The van der Waals surface area contributed by atoms with Crippen molar-refractivity contribution in [1.29, 1.82) is 0 Å². The van der Waals surface area contributed by atoms with E-state index in [9.17, 15) is 4.55 Å². The Kier molecular flexibility index (Phi) is 3.01. The smallest absolute Gasteiger partial charge is 0.174 e. The van der Waals surface area contributed by atoms with E-state index in [4.69, 9.17) is 10.5 Å². The van der Waals surface area contributed by atoms with Crippen molar-refractivity contribution in [2.75, 3.05) is 0 Å². The first kappa shape index (κ1) is 11.4. The molecule has 3 nitrogen and oxygen atoms in total. The molecule has 1 atom stereocenters. The quantitative estimate of drug-likeness (QED) is 0.743. The molecule has 2 fully saturated rings. The van der Waals surface area contributed by atoms with Gasteiger partial charge in [-0.05, 0) is 50.5 Å². The highest BCUT2D eigenvalue weighted by atomic mass is 32.2. The number of hydrogen-bond donors (Lipinski definition) is 2. The van der Waals surface area contributed by atoms with E-state index < -0.39 is 10.8 Å². The van der Waals surface area contributed by atoms with Crippen LogP contribution in [0.2, 0.25) is 0 Å². The van der Waals surface area contributed by atoms with Crippen molar-refractivity contribution >= 4 is 15.6 Å². The first-order valence-corrected chi connectivity index (χ1v) is 7.60.